The lowest BCUT2D eigenvalue weighted by Crippen LogP contribution is -2.30. The number of hydrogen-bond acceptors (Lipinski definition) is 6. The summed E-state index contributed by atoms with van der Waals surface area (Å²) in [6.07, 6.45) is 7.28. The SMILES string of the molecule is CCN(CC)C(=O)c1ccc(C(=O)c2ccc(Nc3nccc(-c4cccn5ccnc45)n3)cc2)cc1. The van der Waals surface area contributed by atoms with Gasteiger partial charge in [-0.15, -0.1) is 0 Å². The summed E-state index contributed by atoms with van der Waals surface area (Å²) < 4.78 is 1.94. The number of anilines is 2. The van der Waals surface area contributed by atoms with Gasteiger partial charge in [-0.2, -0.15) is 0 Å². The fraction of sp³-hybridized carbons (Fsp3) is 0.138. The highest BCUT2D eigenvalue weighted by Crippen LogP contribution is 2.23. The van der Waals surface area contributed by atoms with Crippen LogP contribution in [-0.4, -0.2) is 49.0 Å². The Morgan fingerprint density at radius 3 is 2.19 bits per heavy atom. The average Bonchev–Trinajstić information content (AvgIpc) is 3.43. The second kappa shape index (κ2) is 10.4. The Balaban J connectivity index is 1.29. The molecule has 0 saturated heterocycles. The van der Waals surface area contributed by atoms with Crippen molar-refractivity contribution in [3.05, 3.63) is 108 Å². The predicted molar refractivity (Wildman–Crippen MR) is 143 cm³/mol. The number of hydrogen-bond donors (Lipinski definition) is 1. The first kappa shape index (κ1) is 23.9. The molecule has 1 N–H and O–H groups in total. The van der Waals surface area contributed by atoms with Gasteiger partial charge >= 0.3 is 0 Å². The van der Waals surface area contributed by atoms with Gasteiger partial charge in [0, 0.05) is 65.8 Å². The molecule has 1 amide bonds. The number of carbonyl (C=O) groups is 2. The second-order valence-corrected chi connectivity index (χ2v) is 8.43. The molecule has 3 heterocycles. The summed E-state index contributed by atoms with van der Waals surface area (Å²) in [5, 5.41) is 3.20. The zero-order valence-electron chi connectivity index (χ0n) is 20.6. The van der Waals surface area contributed by atoms with Crippen LogP contribution in [-0.2, 0) is 0 Å². The number of fused-ring (bicyclic) bond motifs is 1. The molecule has 184 valence electrons. The lowest BCUT2D eigenvalue weighted by atomic mass is 10.0. The normalized spacial score (nSPS) is 10.9. The molecule has 0 atom stereocenters. The summed E-state index contributed by atoms with van der Waals surface area (Å²) in [6, 6.07) is 19.7. The molecule has 0 radical (unpaired) electrons. The van der Waals surface area contributed by atoms with E-state index in [2.05, 4.69) is 20.3 Å². The topological polar surface area (TPSA) is 92.5 Å². The molecule has 37 heavy (non-hydrogen) atoms. The Bertz CT molecular complexity index is 1550. The Kier molecular flexibility index (Phi) is 6.72. The number of amides is 1. The van der Waals surface area contributed by atoms with Crippen molar-refractivity contribution in [3.8, 4) is 11.3 Å². The predicted octanol–water partition coefficient (Wildman–Crippen LogP) is 5.25. The van der Waals surface area contributed by atoms with Crippen LogP contribution in [0.25, 0.3) is 16.9 Å². The number of ketones is 1. The number of benzene rings is 2. The molecule has 0 fully saturated rings. The monoisotopic (exact) mass is 490 g/mol. The quantitative estimate of drug-likeness (QED) is 0.299. The fourth-order valence-corrected chi connectivity index (χ4v) is 4.18. The van der Waals surface area contributed by atoms with Crippen molar-refractivity contribution in [2.24, 2.45) is 0 Å². The third kappa shape index (κ3) is 4.95. The molecular formula is C29H26N6O2. The summed E-state index contributed by atoms with van der Waals surface area (Å²) >= 11 is 0. The molecule has 5 aromatic rings. The molecule has 0 spiro atoms. The van der Waals surface area contributed by atoms with Crippen LogP contribution >= 0.6 is 0 Å². The second-order valence-electron chi connectivity index (χ2n) is 8.43. The van der Waals surface area contributed by atoms with Gasteiger partial charge in [0.25, 0.3) is 5.91 Å². The third-order valence-electron chi connectivity index (χ3n) is 6.20. The van der Waals surface area contributed by atoms with Crippen molar-refractivity contribution >= 4 is 29.0 Å². The molecule has 0 aliphatic rings. The van der Waals surface area contributed by atoms with E-state index >= 15 is 0 Å². The number of aromatic nitrogens is 4. The summed E-state index contributed by atoms with van der Waals surface area (Å²) in [6.45, 7) is 5.18. The van der Waals surface area contributed by atoms with E-state index in [0.29, 0.717) is 35.7 Å². The van der Waals surface area contributed by atoms with Gasteiger partial charge in [0.2, 0.25) is 5.95 Å². The highest BCUT2D eigenvalue weighted by Gasteiger charge is 2.15. The Morgan fingerprint density at radius 2 is 1.49 bits per heavy atom. The van der Waals surface area contributed by atoms with E-state index in [9.17, 15) is 9.59 Å². The Hall–Kier alpha value is -4.85. The van der Waals surface area contributed by atoms with Crippen molar-refractivity contribution in [2.45, 2.75) is 13.8 Å². The third-order valence-corrected chi connectivity index (χ3v) is 6.20. The minimum atomic E-state index is -0.112. The van der Waals surface area contributed by atoms with E-state index in [4.69, 9.17) is 0 Å². The molecule has 5 rings (SSSR count). The number of imidazole rings is 1. The molecule has 8 heteroatoms. The highest BCUT2D eigenvalue weighted by atomic mass is 16.2. The number of carbonyl (C=O) groups excluding carboxylic acids is 2. The van der Waals surface area contributed by atoms with Gasteiger partial charge in [0.1, 0.15) is 5.65 Å². The van der Waals surface area contributed by atoms with Crippen molar-refractivity contribution in [2.75, 3.05) is 18.4 Å². The van der Waals surface area contributed by atoms with E-state index in [-0.39, 0.29) is 11.7 Å². The lowest BCUT2D eigenvalue weighted by molar-refractivity contribution is 0.0772. The molecule has 2 aromatic carbocycles. The summed E-state index contributed by atoms with van der Waals surface area (Å²) in [5.41, 5.74) is 4.89. The number of nitrogens with zero attached hydrogens (tertiary/aromatic N) is 5. The molecule has 0 saturated carbocycles. The first-order chi connectivity index (χ1) is 18.1. The summed E-state index contributed by atoms with van der Waals surface area (Å²) in [4.78, 5) is 40.6. The standard InChI is InChI=1S/C29H26N6O2/c1-3-34(4-2)28(37)22-9-7-20(8-10-22)26(36)21-11-13-23(14-12-21)32-29-31-16-15-25(33-29)24-6-5-18-35-19-17-30-27(24)35/h5-19H,3-4H2,1-2H3,(H,31,32,33). The van der Waals surface area contributed by atoms with Gasteiger partial charge in [0.15, 0.2) is 5.78 Å². The summed E-state index contributed by atoms with van der Waals surface area (Å²) in [7, 11) is 0. The van der Waals surface area contributed by atoms with Crippen molar-refractivity contribution in [1.29, 1.82) is 0 Å². The van der Waals surface area contributed by atoms with Crippen molar-refractivity contribution in [1.82, 2.24) is 24.3 Å². The molecule has 8 nitrogen and oxygen atoms in total. The molecular weight excluding hydrogens is 464 g/mol. The minimum Gasteiger partial charge on any atom is -0.339 e. The van der Waals surface area contributed by atoms with Crippen LogP contribution in [0.15, 0.2) is 91.5 Å². The maximum absolute atomic E-state index is 13.0. The van der Waals surface area contributed by atoms with Gasteiger partial charge in [-0.1, -0.05) is 12.1 Å². The zero-order chi connectivity index (χ0) is 25.8. The van der Waals surface area contributed by atoms with E-state index in [1.165, 1.54) is 0 Å². The van der Waals surface area contributed by atoms with Crippen LogP contribution in [0.2, 0.25) is 0 Å². The number of nitrogens with one attached hydrogen (secondary N) is 1. The zero-order valence-corrected chi connectivity index (χ0v) is 20.6. The maximum Gasteiger partial charge on any atom is 0.253 e. The van der Waals surface area contributed by atoms with E-state index in [1.807, 2.05) is 61.0 Å². The molecule has 3 aromatic heterocycles. The first-order valence-corrected chi connectivity index (χ1v) is 12.1. The van der Waals surface area contributed by atoms with Gasteiger partial charge in [-0.25, -0.2) is 15.0 Å². The van der Waals surface area contributed by atoms with Gasteiger partial charge in [-0.3, -0.25) is 9.59 Å². The van der Waals surface area contributed by atoms with Crippen LogP contribution in [0.1, 0.15) is 40.1 Å². The summed E-state index contributed by atoms with van der Waals surface area (Å²) in [5.74, 6) is 0.296. The number of rotatable bonds is 8. The van der Waals surface area contributed by atoms with Crippen LogP contribution in [0.4, 0.5) is 11.6 Å². The van der Waals surface area contributed by atoms with Crippen LogP contribution in [0, 0.1) is 0 Å². The van der Waals surface area contributed by atoms with Gasteiger partial charge in [0.05, 0.1) is 5.69 Å². The number of pyridine rings is 1. The van der Waals surface area contributed by atoms with Crippen molar-refractivity contribution in [3.63, 3.8) is 0 Å². The van der Waals surface area contributed by atoms with E-state index in [1.54, 1.807) is 53.7 Å². The Labute approximate surface area is 214 Å². The lowest BCUT2D eigenvalue weighted by Gasteiger charge is -2.18. The van der Waals surface area contributed by atoms with Gasteiger partial charge in [-0.05, 0) is 68.4 Å². The van der Waals surface area contributed by atoms with Gasteiger partial charge < -0.3 is 14.6 Å². The maximum atomic E-state index is 13.0. The largest absolute Gasteiger partial charge is 0.339 e. The molecule has 0 aliphatic heterocycles. The van der Waals surface area contributed by atoms with E-state index < -0.39 is 0 Å². The average molecular weight is 491 g/mol. The first-order valence-electron chi connectivity index (χ1n) is 12.1. The van der Waals surface area contributed by atoms with E-state index in [0.717, 1.165) is 22.6 Å². The van der Waals surface area contributed by atoms with Crippen LogP contribution < -0.4 is 5.32 Å². The fourth-order valence-electron chi connectivity index (χ4n) is 4.18. The van der Waals surface area contributed by atoms with Crippen LogP contribution in [0.5, 0.6) is 0 Å². The minimum absolute atomic E-state index is 0.0350. The molecule has 0 aliphatic carbocycles. The molecule has 0 unspecified atom stereocenters. The Morgan fingerprint density at radius 1 is 0.811 bits per heavy atom. The smallest absolute Gasteiger partial charge is 0.253 e. The highest BCUT2D eigenvalue weighted by molar-refractivity contribution is 6.09. The van der Waals surface area contributed by atoms with Crippen molar-refractivity contribution < 1.29 is 9.59 Å². The van der Waals surface area contributed by atoms with Crippen LogP contribution in [0.3, 0.4) is 0 Å². The molecule has 0 bridgehead atoms.